The highest BCUT2D eigenvalue weighted by Gasteiger charge is 2.16. The van der Waals surface area contributed by atoms with Gasteiger partial charge < -0.3 is 9.32 Å². The summed E-state index contributed by atoms with van der Waals surface area (Å²) in [5.41, 5.74) is 10.4. The summed E-state index contributed by atoms with van der Waals surface area (Å²) in [6.45, 7) is 6.57. The monoisotopic (exact) mass is 669 g/mol. The fourth-order valence-corrected chi connectivity index (χ4v) is 5.69. The van der Waals surface area contributed by atoms with E-state index in [0.717, 1.165) is 50.4 Å². The minimum Gasteiger partial charge on any atom is -0.416 e. The minimum atomic E-state index is 0.0852. The molecule has 7 aromatic rings. The lowest BCUT2D eigenvalue weighted by molar-refractivity contribution is 0.582. The number of para-hydroxylation sites is 2. The average Bonchev–Trinajstić information content (AvgIpc) is 3.68. The van der Waals surface area contributed by atoms with E-state index in [1.165, 1.54) is 5.56 Å². The third-order valence-electron chi connectivity index (χ3n) is 8.53. The first-order valence-corrected chi connectivity index (χ1v) is 17.1. The van der Waals surface area contributed by atoms with Gasteiger partial charge in [-0.05, 0) is 131 Å². The van der Waals surface area contributed by atoms with Crippen LogP contribution in [0, 0.1) is 35.5 Å². The van der Waals surface area contributed by atoms with Crippen molar-refractivity contribution < 1.29 is 4.42 Å². The van der Waals surface area contributed by atoms with Gasteiger partial charge in [0, 0.05) is 39.3 Å². The molecule has 0 spiro atoms. The standard InChI is InChI=1S/C48H35N3O/c1-48(2,3)42-32-28-41(29-33-42)47-50-49-46(52-47)40-26-22-37(23-27-40)15-9-5-4-8-14-36-20-24-38(25-21-36)39-30-34-45(35-31-39)51(43-16-10-6-11-17-43)44-18-12-7-13-19-44/h6-7,10-13,16-35H,1-3H3. The Morgan fingerprint density at radius 2 is 0.808 bits per heavy atom. The molecule has 0 N–H and O–H groups in total. The van der Waals surface area contributed by atoms with Crippen LogP contribution in [0.4, 0.5) is 17.1 Å². The first-order chi connectivity index (χ1) is 25.4. The molecule has 0 bridgehead atoms. The Labute approximate surface area is 305 Å². The summed E-state index contributed by atoms with van der Waals surface area (Å²) in [6, 6.07) is 53.5. The maximum absolute atomic E-state index is 5.95. The van der Waals surface area contributed by atoms with E-state index in [1.807, 2.05) is 60.7 Å². The van der Waals surface area contributed by atoms with E-state index in [4.69, 9.17) is 4.42 Å². The summed E-state index contributed by atoms with van der Waals surface area (Å²) in [7, 11) is 0. The van der Waals surface area contributed by atoms with Crippen molar-refractivity contribution >= 4 is 17.1 Å². The lowest BCUT2D eigenvalue weighted by Crippen LogP contribution is -2.10. The highest BCUT2D eigenvalue weighted by Crippen LogP contribution is 2.35. The van der Waals surface area contributed by atoms with E-state index in [2.05, 4.69) is 168 Å². The highest BCUT2D eigenvalue weighted by molar-refractivity contribution is 5.78. The van der Waals surface area contributed by atoms with Crippen molar-refractivity contribution in [3.8, 4) is 69.6 Å². The van der Waals surface area contributed by atoms with Crippen LogP contribution >= 0.6 is 0 Å². The van der Waals surface area contributed by atoms with Gasteiger partial charge in [0.15, 0.2) is 0 Å². The van der Waals surface area contributed by atoms with E-state index < -0.39 is 0 Å². The predicted octanol–water partition coefficient (Wildman–Crippen LogP) is 11.2. The van der Waals surface area contributed by atoms with Gasteiger partial charge in [0.2, 0.25) is 11.8 Å². The molecule has 0 radical (unpaired) electrons. The molecular weight excluding hydrogens is 635 g/mol. The summed E-state index contributed by atoms with van der Waals surface area (Å²) in [6.07, 6.45) is 0. The third kappa shape index (κ3) is 8.04. The third-order valence-corrected chi connectivity index (χ3v) is 8.53. The molecule has 0 aliphatic heterocycles. The molecule has 0 aliphatic carbocycles. The van der Waals surface area contributed by atoms with Gasteiger partial charge in [0.25, 0.3) is 0 Å². The quantitative estimate of drug-likeness (QED) is 0.165. The molecule has 0 atom stereocenters. The van der Waals surface area contributed by atoms with Crippen molar-refractivity contribution in [2.45, 2.75) is 26.2 Å². The van der Waals surface area contributed by atoms with E-state index in [9.17, 15) is 0 Å². The van der Waals surface area contributed by atoms with Gasteiger partial charge in [0.05, 0.1) is 0 Å². The molecule has 1 heterocycles. The van der Waals surface area contributed by atoms with Gasteiger partial charge in [-0.1, -0.05) is 105 Å². The normalized spacial score (nSPS) is 10.5. The summed E-state index contributed by atoms with van der Waals surface area (Å²) in [4.78, 5) is 2.25. The number of nitrogens with zero attached hydrogens (tertiary/aromatic N) is 3. The van der Waals surface area contributed by atoms with Crippen molar-refractivity contribution in [1.29, 1.82) is 0 Å². The van der Waals surface area contributed by atoms with Gasteiger partial charge in [-0.3, -0.25) is 0 Å². The molecule has 4 nitrogen and oxygen atoms in total. The van der Waals surface area contributed by atoms with Crippen LogP contribution in [0.25, 0.3) is 34.0 Å². The van der Waals surface area contributed by atoms with E-state index in [1.54, 1.807) is 0 Å². The molecule has 0 saturated carbocycles. The number of aromatic nitrogens is 2. The summed E-state index contributed by atoms with van der Waals surface area (Å²) in [5, 5.41) is 8.48. The second kappa shape index (κ2) is 15.2. The number of rotatable bonds is 6. The second-order valence-electron chi connectivity index (χ2n) is 13.2. The van der Waals surface area contributed by atoms with E-state index in [0.29, 0.717) is 11.8 Å². The Kier molecular flexibility index (Phi) is 9.79. The maximum atomic E-state index is 5.95. The summed E-state index contributed by atoms with van der Waals surface area (Å²) in [5.74, 6) is 18.6. The topological polar surface area (TPSA) is 42.2 Å². The number of hydrogen-bond donors (Lipinski definition) is 0. The molecule has 7 rings (SSSR count). The Bertz CT molecular complexity index is 2420. The number of benzene rings is 6. The van der Waals surface area contributed by atoms with Crippen LogP contribution in [0.2, 0.25) is 0 Å². The molecule has 0 aliphatic rings. The number of anilines is 3. The molecule has 6 aromatic carbocycles. The molecule has 0 saturated heterocycles. The van der Waals surface area contributed by atoms with Crippen LogP contribution in [-0.4, -0.2) is 10.2 Å². The van der Waals surface area contributed by atoms with Gasteiger partial charge in [-0.2, -0.15) is 0 Å². The molecule has 0 amide bonds. The largest absolute Gasteiger partial charge is 0.416 e. The van der Waals surface area contributed by atoms with Gasteiger partial charge >= 0.3 is 0 Å². The fraction of sp³-hybridized carbons (Fsp3) is 0.0833. The highest BCUT2D eigenvalue weighted by atomic mass is 16.4. The second-order valence-corrected chi connectivity index (χ2v) is 13.2. The van der Waals surface area contributed by atoms with Crippen LogP contribution in [0.15, 0.2) is 162 Å². The van der Waals surface area contributed by atoms with Crippen molar-refractivity contribution in [2.24, 2.45) is 0 Å². The zero-order chi connectivity index (χ0) is 35.8. The Hall–Kier alpha value is -7.06. The first kappa shape index (κ1) is 33.4. The molecule has 4 heteroatoms. The lowest BCUT2D eigenvalue weighted by atomic mass is 9.87. The summed E-state index contributed by atoms with van der Waals surface area (Å²) >= 11 is 0. The molecule has 0 unspecified atom stereocenters. The van der Waals surface area contributed by atoms with Crippen LogP contribution in [-0.2, 0) is 5.41 Å². The molecule has 1 aromatic heterocycles. The van der Waals surface area contributed by atoms with Crippen molar-refractivity contribution in [2.75, 3.05) is 4.90 Å². The van der Waals surface area contributed by atoms with E-state index >= 15 is 0 Å². The zero-order valence-corrected chi connectivity index (χ0v) is 29.3. The first-order valence-electron chi connectivity index (χ1n) is 17.1. The molecule has 52 heavy (non-hydrogen) atoms. The van der Waals surface area contributed by atoms with Crippen LogP contribution in [0.3, 0.4) is 0 Å². The molecule has 248 valence electrons. The van der Waals surface area contributed by atoms with E-state index in [-0.39, 0.29) is 5.41 Å². The maximum Gasteiger partial charge on any atom is 0.248 e. The number of hydrogen-bond acceptors (Lipinski definition) is 4. The lowest BCUT2D eigenvalue weighted by Gasteiger charge is -2.25. The van der Waals surface area contributed by atoms with Gasteiger partial charge in [-0.25, -0.2) is 0 Å². The Balaban J connectivity index is 0.957. The SMILES string of the molecule is CC(C)(C)c1ccc(-c2nnc(-c3ccc(C#CC#CC#Cc4ccc(-c5ccc(N(c6ccccc6)c6ccccc6)cc5)cc4)cc3)o2)cc1. The van der Waals surface area contributed by atoms with Gasteiger partial charge in [0.1, 0.15) is 0 Å². The summed E-state index contributed by atoms with van der Waals surface area (Å²) < 4.78 is 5.95. The Morgan fingerprint density at radius 3 is 1.25 bits per heavy atom. The van der Waals surface area contributed by atoms with Crippen molar-refractivity contribution in [3.05, 3.63) is 174 Å². The van der Waals surface area contributed by atoms with Crippen LogP contribution in [0.5, 0.6) is 0 Å². The smallest absolute Gasteiger partial charge is 0.248 e. The van der Waals surface area contributed by atoms with Crippen LogP contribution in [0.1, 0.15) is 37.5 Å². The average molecular weight is 670 g/mol. The van der Waals surface area contributed by atoms with Gasteiger partial charge in [-0.15, -0.1) is 10.2 Å². The fourth-order valence-electron chi connectivity index (χ4n) is 5.69. The molecular formula is C48H35N3O. The molecule has 0 fully saturated rings. The van der Waals surface area contributed by atoms with Crippen LogP contribution < -0.4 is 4.90 Å². The zero-order valence-electron chi connectivity index (χ0n) is 29.3. The van der Waals surface area contributed by atoms with Crippen molar-refractivity contribution in [1.82, 2.24) is 10.2 Å². The Morgan fingerprint density at radius 1 is 0.423 bits per heavy atom. The van der Waals surface area contributed by atoms with Crippen molar-refractivity contribution in [3.63, 3.8) is 0 Å². The predicted molar refractivity (Wildman–Crippen MR) is 212 cm³/mol. The minimum absolute atomic E-state index is 0.0852.